The number of carbonyl (C=O) groups excluding carboxylic acids is 1. The fourth-order valence-corrected chi connectivity index (χ4v) is 6.70. The van der Waals surface area contributed by atoms with Crippen molar-refractivity contribution in [2.45, 2.75) is 45.1 Å². The third-order valence-corrected chi connectivity index (χ3v) is 9.09. The van der Waals surface area contributed by atoms with Crippen LogP contribution in [0.3, 0.4) is 0 Å². The highest BCUT2D eigenvalue weighted by molar-refractivity contribution is 5.99. The van der Waals surface area contributed by atoms with E-state index in [1.54, 1.807) is 43.3 Å². The number of fused-ring (bicyclic) bond motifs is 2. The van der Waals surface area contributed by atoms with Gasteiger partial charge in [0.15, 0.2) is 0 Å². The molecule has 0 bridgehead atoms. The number of rotatable bonds is 7. The van der Waals surface area contributed by atoms with Gasteiger partial charge in [0.25, 0.3) is 5.91 Å². The van der Waals surface area contributed by atoms with Gasteiger partial charge in [0.1, 0.15) is 23.9 Å². The summed E-state index contributed by atoms with van der Waals surface area (Å²) in [7, 11) is 3.29. The Bertz CT molecular complexity index is 1610. The lowest BCUT2D eigenvalue weighted by molar-refractivity contribution is -0.139. The highest BCUT2D eigenvalue weighted by Crippen LogP contribution is 2.58. The summed E-state index contributed by atoms with van der Waals surface area (Å²) in [5.41, 5.74) is 5.05. The molecule has 1 saturated carbocycles. The van der Waals surface area contributed by atoms with E-state index in [2.05, 4.69) is 26.0 Å². The molecular formula is C34H34FNO5. The van der Waals surface area contributed by atoms with E-state index >= 15 is 4.39 Å². The Morgan fingerprint density at radius 1 is 1.02 bits per heavy atom. The van der Waals surface area contributed by atoms with Gasteiger partial charge in [-0.2, -0.15) is 0 Å². The van der Waals surface area contributed by atoms with Gasteiger partial charge in [-0.25, -0.2) is 4.39 Å². The zero-order chi connectivity index (χ0) is 29.1. The van der Waals surface area contributed by atoms with Crippen LogP contribution < -0.4 is 9.47 Å². The Labute approximate surface area is 239 Å². The Morgan fingerprint density at radius 3 is 2.46 bits per heavy atom. The number of carboxylic acid groups (broad SMARTS) is 1. The quantitative estimate of drug-likeness (QED) is 0.351. The molecule has 1 spiro atoms. The highest BCUT2D eigenvalue weighted by atomic mass is 19.1. The van der Waals surface area contributed by atoms with Crippen molar-refractivity contribution < 1.29 is 28.6 Å². The van der Waals surface area contributed by atoms with Gasteiger partial charge in [0.05, 0.1) is 13.0 Å². The van der Waals surface area contributed by atoms with E-state index in [4.69, 9.17) is 9.47 Å². The molecule has 0 saturated heterocycles. The van der Waals surface area contributed by atoms with Crippen molar-refractivity contribution in [3.05, 3.63) is 88.7 Å². The van der Waals surface area contributed by atoms with E-state index in [1.165, 1.54) is 11.6 Å². The van der Waals surface area contributed by atoms with Crippen molar-refractivity contribution in [3.8, 4) is 22.6 Å². The van der Waals surface area contributed by atoms with Crippen LogP contribution in [-0.4, -0.2) is 42.6 Å². The molecule has 3 aromatic carbocycles. The molecule has 6 nitrogen and oxygen atoms in total. The van der Waals surface area contributed by atoms with Gasteiger partial charge in [-0.05, 0) is 95.0 Å². The van der Waals surface area contributed by atoms with Crippen LogP contribution in [0.25, 0.3) is 16.7 Å². The summed E-state index contributed by atoms with van der Waals surface area (Å²) >= 11 is 0. The number of methoxy groups -OCH3 is 1. The third-order valence-electron chi connectivity index (χ3n) is 9.09. The number of carboxylic acids is 1. The number of amides is 1. The first kappa shape index (κ1) is 27.1. The van der Waals surface area contributed by atoms with E-state index < -0.39 is 17.3 Å². The summed E-state index contributed by atoms with van der Waals surface area (Å²) in [4.78, 5) is 26.3. The van der Waals surface area contributed by atoms with E-state index in [0.717, 1.165) is 35.1 Å². The molecule has 2 aliphatic carbocycles. The first-order chi connectivity index (χ1) is 19.5. The van der Waals surface area contributed by atoms with Gasteiger partial charge in [-0.3, -0.25) is 9.59 Å². The lowest BCUT2D eigenvalue weighted by atomic mass is 9.79. The molecule has 41 heavy (non-hydrogen) atoms. The van der Waals surface area contributed by atoms with Gasteiger partial charge < -0.3 is 19.5 Å². The predicted octanol–water partition coefficient (Wildman–Crippen LogP) is 6.71. The van der Waals surface area contributed by atoms with Gasteiger partial charge in [-0.1, -0.05) is 32.1 Å². The van der Waals surface area contributed by atoms with E-state index in [0.29, 0.717) is 35.6 Å². The molecule has 1 N–H and O–H groups in total. The van der Waals surface area contributed by atoms with Crippen LogP contribution >= 0.6 is 0 Å². The van der Waals surface area contributed by atoms with Crippen molar-refractivity contribution in [1.29, 1.82) is 0 Å². The van der Waals surface area contributed by atoms with Crippen LogP contribution in [0.1, 0.15) is 60.2 Å². The molecule has 1 fully saturated rings. The standard InChI is InChI=1S/C34H34FNO5/c1-33(2)13-5-6-27(33)25-14-20(7-10-23(25)26-15-21(40-4)9-12-30(26)35)18-41-22-8-11-24-28(16-22)34(17-29(34)32(38)39)19-36(3)31(24)37/h6-12,14-16,29H,5,13,17-19H2,1-4H3,(H,38,39)/t29-,34-/m1/s1. The summed E-state index contributed by atoms with van der Waals surface area (Å²) in [6.45, 7) is 5.08. The highest BCUT2D eigenvalue weighted by Gasteiger charge is 2.63. The summed E-state index contributed by atoms with van der Waals surface area (Å²) in [5.74, 6) is -0.589. The number of likely N-dealkylation sites (N-methyl/N-ethyl adjacent to an activating group) is 1. The smallest absolute Gasteiger partial charge is 0.307 e. The number of aliphatic carboxylic acids is 1. The van der Waals surface area contributed by atoms with Crippen molar-refractivity contribution in [2.75, 3.05) is 20.7 Å². The van der Waals surface area contributed by atoms with Crippen LogP contribution in [0.15, 0.2) is 60.7 Å². The van der Waals surface area contributed by atoms with Gasteiger partial charge in [0, 0.05) is 30.1 Å². The number of nitrogens with zero attached hydrogens (tertiary/aromatic N) is 1. The Kier molecular flexibility index (Phi) is 6.44. The SMILES string of the molecule is COc1ccc(F)c(-c2ccc(COc3ccc4c(c3)[C@@]3(C[C@@H]3C(=O)O)CN(C)C4=O)cc2C2=CCCC2(C)C)c1. The number of halogens is 1. The molecule has 0 unspecified atom stereocenters. The van der Waals surface area contributed by atoms with E-state index in [1.807, 2.05) is 18.2 Å². The number of ether oxygens (including phenoxy) is 2. The molecule has 212 valence electrons. The largest absolute Gasteiger partial charge is 0.497 e. The molecule has 6 rings (SSSR count). The molecule has 3 aliphatic rings. The molecular weight excluding hydrogens is 521 g/mol. The van der Waals surface area contributed by atoms with Crippen molar-refractivity contribution in [2.24, 2.45) is 11.3 Å². The molecule has 1 amide bonds. The topological polar surface area (TPSA) is 76.1 Å². The minimum absolute atomic E-state index is 0.0545. The summed E-state index contributed by atoms with van der Waals surface area (Å²) in [5, 5.41) is 9.70. The Balaban J connectivity index is 1.33. The second kappa shape index (κ2) is 9.75. The minimum Gasteiger partial charge on any atom is -0.497 e. The Hall–Kier alpha value is -4.13. The van der Waals surface area contributed by atoms with Crippen molar-refractivity contribution >= 4 is 17.4 Å². The maximum absolute atomic E-state index is 15.1. The average molecular weight is 556 g/mol. The lowest BCUT2D eigenvalue weighted by Gasteiger charge is -2.33. The molecule has 2 atom stereocenters. The Morgan fingerprint density at radius 2 is 1.78 bits per heavy atom. The zero-order valence-electron chi connectivity index (χ0n) is 23.8. The number of hydrogen-bond acceptors (Lipinski definition) is 4. The third kappa shape index (κ3) is 4.57. The van der Waals surface area contributed by atoms with Crippen LogP contribution in [0.5, 0.6) is 11.5 Å². The van der Waals surface area contributed by atoms with Gasteiger partial charge >= 0.3 is 5.97 Å². The number of carbonyl (C=O) groups is 2. The van der Waals surface area contributed by atoms with Crippen LogP contribution in [0.2, 0.25) is 0 Å². The summed E-state index contributed by atoms with van der Waals surface area (Å²) < 4.78 is 26.7. The fraction of sp³-hybridized carbons (Fsp3) is 0.353. The maximum atomic E-state index is 15.1. The molecule has 1 heterocycles. The molecule has 1 aliphatic heterocycles. The zero-order valence-corrected chi connectivity index (χ0v) is 23.8. The molecule has 0 radical (unpaired) electrons. The summed E-state index contributed by atoms with van der Waals surface area (Å²) in [6, 6.07) is 16.1. The van der Waals surface area contributed by atoms with Crippen LogP contribution in [0, 0.1) is 17.2 Å². The lowest BCUT2D eigenvalue weighted by Crippen LogP contribution is -2.42. The fourth-order valence-electron chi connectivity index (χ4n) is 6.70. The van der Waals surface area contributed by atoms with E-state index in [9.17, 15) is 14.7 Å². The predicted molar refractivity (Wildman–Crippen MR) is 155 cm³/mol. The maximum Gasteiger partial charge on any atom is 0.307 e. The molecule has 7 heteroatoms. The first-order valence-corrected chi connectivity index (χ1v) is 14.0. The van der Waals surface area contributed by atoms with Crippen molar-refractivity contribution in [3.63, 3.8) is 0 Å². The number of hydrogen-bond donors (Lipinski definition) is 1. The molecule has 0 aromatic heterocycles. The normalized spacial score (nSPS) is 22.4. The average Bonchev–Trinajstić information content (AvgIpc) is 3.57. The van der Waals surface area contributed by atoms with Gasteiger partial charge in [0.2, 0.25) is 0 Å². The second-order valence-electron chi connectivity index (χ2n) is 12.2. The second-order valence-corrected chi connectivity index (χ2v) is 12.2. The summed E-state index contributed by atoms with van der Waals surface area (Å²) in [6.07, 6.45) is 4.73. The minimum atomic E-state index is -0.839. The van der Waals surface area contributed by atoms with Crippen molar-refractivity contribution in [1.82, 2.24) is 4.90 Å². The van der Waals surface area contributed by atoms with Crippen LogP contribution in [-0.2, 0) is 16.8 Å². The van der Waals surface area contributed by atoms with E-state index in [-0.39, 0.29) is 23.7 Å². The molecule has 3 aromatic rings. The van der Waals surface area contributed by atoms with Crippen LogP contribution in [0.4, 0.5) is 4.39 Å². The number of benzene rings is 3. The monoisotopic (exact) mass is 555 g/mol. The van der Waals surface area contributed by atoms with Gasteiger partial charge in [-0.15, -0.1) is 0 Å². The number of allylic oxidation sites excluding steroid dienone is 2. The first-order valence-electron chi connectivity index (χ1n) is 14.0.